The second-order valence-electron chi connectivity index (χ2n) is 6.67. The Labute approximate surface area is 167 Å². The van der Waals surface area contributed by atoms with Crippen molar-refractivity contribution in [1.82, 2.24) is 9.55 Å². The van der Waals surface area contributed by atoms with Crippen molar-refractivity contribution in [3.05, 3.63) is 88.2 Å². The maximum atomic E-state index is 13.0. The summed E-state index contributed by atoms with van der Waals surface area (Å²) in [4.78, 5) is 29.5. The molecule has 0 aliphatic carbocycles. The van der Waals surface area contributed by atoms with E-state index in [-0.39, 0.29) is 28.8 Å². The quantitative estimate of drug-likeness (QED) is 0.479. The van der Waals surface area contributed by atoms with Gasteiger partial charge >= 0.3 is 5.97 Å². The first-order chi connectivity index (χ1) is 14.1. The average Bonchev–Trinajstić information content (AvgIpc) is 3.08. The first-order valence-electron chi connectivity index (χ1n) is 9.38. The molecular formula is C23H20N2O4. The van der Waals surface area contributed by atoms with Gasteiger partial charge < -0.3 is 9.15 Å². The van der Waals surface area contributed by atoms with Crippen molar-refractivity contribution in [2.45, 2.75) is 20.4 Å². The summed E-state index contributed by atoms with van der Waals surface area (Å²) in [5.74, 6) is -0.249. The van der Waals surface area contributed by atoms with Crippen LogP contribution < -0.4 is 5.56 Å². The summed E-state index contributed by atoms with van der Waals surface area (Å²) in [7, 11) is 0. The van der Waals surface area contributed by atoms with E-state index in [1.165, 1.54) is 10.9 Å². The van der Waals surface area contributed by atoms with Crippen molar-refractivity contribution in [2.24, 2.45) is 0 Å². The van der Waals surface area contributed by atoms with Gasteiger partial charge in [0.25, 0.3) is 5.56 Å². The number of esters is 1. The highest BCUT2D eigenvalue weighted by Crippen LogP contribution is 2.22. The lowest BCUT2D eigenvalue weighted by molar-refractivity contribution is 0.0526. The van der Waals surface area contributed by atoms with Gasteiger partial charge in [0.15, 0.2) is 0 Å². The lowest BCUT2D eigenvalue weighted by atomic mass is 10.0. The fourth-order valence-corrected chi connectivity index (χ4v) is 3.33. The Morgan fingerprint density at radius 2 is 1.76 bits per heavy atom. The summed E-state index contributed by atoms with van der Waals surface area (Å²) < 4.78 is 12.0. The Bertz CT molecular complexity index is 1220. The van der Waals surface area contributed by atoms with Gasteiger partial charge in [-0.1, -0.05) is 54.6 Å². The van der Waals surface area contributed by atoms with E-state index >= 15 is 0 Å². The minimum absolute atomic E-state index is 0.145. The highest BCUT2D eigenvalue weighted by atomic mass is 16.5. The number of furan rings is 1. The van der Waals surface area contributed by atoms with E-state index in [2.05, 4.69) is 17.1 Å². The Hall–Kier alpha value is -3.67. The predicted octanol–water partition coefficient (Wildman–Crippen LogP) is 4.19. The van der Waals surface area contributed by atoms with Crippen molar-refractivity contribution in [2.75, 3.05) is 6.61 Å². The van der Waals surface area contributed by atoms with Crippen LogP contribution in [0.2, 0.25) is 0 Å². The van der Waals surface area contributed by atoms with Crippen LogP contribution in [0, 0.1) is 6.92 Å². The Balaban J connectivity index is 1.68. The standard InChI is InChI=1S/C23H20N2O4/c1-3-28-23(27)19-15(2)29-21-20(19)22(26)25(14-24-21)13-16-9-11-18(12-10-16)17-7-5-4-6-8-17/h4-12,14H,3,13H2,1-2H3. The van der Waals surface area contributed by atoms with Crippen LogP contribution in [-0.4, -0.2) is 22.1 Å². The number of hydrogen-bond acceptors (Lipinski definition) is 5. The van der Waals surface area contributed by atoms with Crippen LogP contribution in [0.25, 0.3) is 22.2 Å². The minimum atomic E-state index is -0.576. The van der Waals surface area contributed by atoms with Gasteiger partial charge in [-0.25, -0.2) is 9.78 Å². The molecule has 2 aromatic heterocycles. The van der Waals surface area contributed by atoms with E-state index in [4.69, 9.17) is 9.15 Å². The predicted molar refractivity (Wildman–Crippen MR) is 110 cm³/mol. The molecule has 0 N–H and O–H groups in total. The number of ether oxygens (including phenoxy) is 1. The maximum Gasteiger partial charge on any atom is 0.342 e. The summed E-state index contributed by atoms with van der Waals surface area (Å²) >= 11 is 0. The van der Waals surface area contributed by atoms with Crippen LogP contribution in [0.5, 0.6) is 0 Å². The zero-order valence-corrected chi connectivity index (χ0v) is 16.2. The fourth-order valence-electron chi connectivity index (χ4n) is 3.33. The molecule has 0 saturated heterocycles. The Morgan fingerprint density at radius 3 is 2.45 bits per heavy atom. The highest BCUT2D eigenvalue weighted by Gasteiger charge is 2.23. The molecule has 29 heavy (non-hydrogen) atoms. The van der Waals surface area contributed by atoms with E-state index in [0.717, 1.165) is 16.7 Å². The topological polar surface area (TPSA) is 74.3 Å². The van der Waals surface area contributed by atoms with Crippen molar-refractivity contribution < 1.29 is 13.9 Å². The van der Waals surface area contributed by atoms with E-state index in [9.17, 15) is 9.59 Å². The number of fused-ring (bicyclic) bond motifs is 1. The molecule has 0 aliphatic heterocycles. The number of rotatable bonds is 5. The second-order valence-corrected chi connectivity index (χ2v) is 6.67. The number of nitrogens with zero attached hydrogens (tertiary/aromatic N) is 2. The number of hydrogen-bond donors (Lipinski definition) is 0. The van der Waals surface area contributed by atoms with Crippen LogP contribution in [0.3, 0.4) is 0 Å². The smallest absolute Gasteiger partial charge is 0.342 e. The van der Waals surface area contributed by atoms with Crippen LogP contribution in [0.1, 0.15) is 28.6 Å². The molecule has 0 atom stereocenters. The van der Waals surface area contributed by atoms with Gasteiger partial charge in [-0.05, 0) is 30.5 Å². The largest absolute Gasteiger partial charge is 0.462 e. The van der Waals surface area contributed by atoms with E-state index in [1.54, 1.807) is 13.8 Å². The van der Waals surface area contributed by atoms with Gasteiger partial charge in [0.1, 0.15) is 23.0 Å². The lowest BCUT2D eigenvalue weighted by Gasteiger charge is -2.07. The monoisotopic (exact) mass is 388 g/mol. The van der Waals surface area contributed by atoms with Gasteiger partial charge in [0, 0.05) is 0 Å². The Morgan fingerprint density at radius 1 is 1.07 bits per heavy atom. The number of carbonyl (C=O) groups excluding carboxylic acids is 1. The van der Waals surface area contributed by atoms with E-state index in [0.29, 0.717) is 12.3 Å². The molecule has 2 heterocycles. The molecule has 0 aliphatic rings. The summed E-state index contributed by atoms with van der Waals surface area (Å²) in [6.07, 6.45) is 1.44. The summed E-state index contributed by atoms with van der Waals surface area (Å²) in [6, 6.07) is 18.1. The lowest BCUT2D eigenvalue weighted by Crippen LogP contribution is -2.22. The Kier molecular flexibility index (Phi) is 4.99. The van der Waals surface area contributed by atoms with Gasteiger partial charge in [-0.15, -0.1) is 0 Å². The van der Waals surface area contributed by atoms with Gasteiger partial charge in [0.2, 0.25) is 5.71 Å². The zero-order chi connectivity index (χ0) is 20.4. The van der Waals surface area contributed by atoms with Crippen molar-refractivity contribution >= 4 is 17.1 Å². The van der Waals surface area contributed by atoms with Crippen LogP contribution >= 0.6 is 0 Å². The van der Waals surface area contributed by atoms with Crippen molar-refractivity contribution in [3.8, 4) is 11.1 Å². The molecule has 6 nitrogen and oxygen atoms in total. The maximum absolute atomic E-state index is 13.0. The summed E-state index contributed by atoms with van der Waals surface area (Å²) in [6.45, 7) is 3.89. The molecule has 0 unspecified atom stereocenters. The first-order valence-corrected chi connectivity index (χ1v) is 9.38. The molecule has 146 valence electrons. The number of benzene rings is 2. The molecule has 6 heteroatoms. The first kappa shape index (κ1) is 18.7. The molecule has 0 radical (unpaired) electrons. The molecule has 0 saturated carbocycles. The third kappa shape index (κ3) is 3.57. The van der Waals surface area contributed by atoms with Gasteiger partial charge in [0.05, 0.1) is 13.2 Å². The van der Waals surface area contributed by atoms with Crippen LogP contribution in [0.4, 0.5) is 0 Å². The zero-order valence-electron chi connectivity index (χ0n) is 16.2. The molecule has 2 aromatic carbocycles. The fraction of sp³-hybridized carbons (Fsp3) is 0.174. The van der Waals surface area contributed by atoms with E-state index < -0.39 is 5.97 Å². The molecule has 4 rings (SSSR count). The normalized spacial score (nSPS) is 11.0. The second kappa shape index (κ2) is 7.75. The number of carbonyl (C=O) groups is 1. The number of aromatic nitrogens is 2. The van der Waals surface area contributed by atoms with E-state index in [1.807, 2.05) is 42.5 Å². The van der Waals surface area contributed by atoms with Gasteiger partial charge in [-0.2, -0.15) is 0 Å². The average molecular weight is 388 g/mol. The third-order valence-electron chi connectivity index (χ3n) is 4.75. The summed E-state index contributed by atoms with van der Waals surface area (Å²) in [5.41, 5.74) is 3.14. The molecule has 0 spiro atoms. The minimum Gasteiger partial charge on any atom is -0.462 e. The highest BCUT2D eigenvalue weighted by molar-refractivity contribution is 6.03. The number of aryl methyl sites for hydroxylation is 1. The molecule has 0 bridgehead atoms. The molecule has 0 amide bonds. The molecular weight excluding hydrogens is 368 g/mol. The summed E-state index contributed by atoms with van der Waals surface area (Å²) in [5, 5.41) is 0.157. The molecule has 4 aromatic rings. The SMILES string of the molecule is CCOC(=O)c1c(C)oc2ncn(Cc3ccc(-c4ccccc4)cc3)c(=O)c12. The van der Waals surface area contributed by atoms with Crippen molar-refractivity contribution in [1.29, 1.82) is 0 Å². The van der Waals surface area contributed by atoms with Crippen LogP contribution in [0.15, 0.2) is 70.1 Å². The molecule has 0 fully saturated rings. The third-order valence-corrected chi connectivity index (χ3v) is 4.75. The van der Waals surface area contributed by atoms with Crippen LogP contribution in [-0.2, 0) is 11.3 Å². The van der Waals surface area contributed by atoms with Gasteiger partial charge in [-0.3, -0.25) is 9.36 Å². The van der Waals surface area contributed by atoms with Crippen molar-refractivity contribution in [3.63, 3.8) is 0 Å².